The molecular formula is C14H25N3OS. The van der Waals surface area contributed by atoms with Crippen molar-refractivity contribution in [3.05, 3.63) is 0 Å². The molecule has 2 aliphatic rings. The molecular weight excluding hydrogens is 258 g/mol. The second-order valence-electron chi connectivity index (χ2n) is 6.17. The van der Waals surface area contributed by atoms with Gasteiger partial charge in [-0.1, -0.05) is 26.1 Å². The summed E-state index contributed by atoms with van der Waals surface area (Å²) >= 11 is 5.13. The first kappa shape index (κ1) is 14.7. The van der Waals surface area contributed by atoms with Crippen LogP contribution in [0.5, 0.6) is 0 Å². The third kappa shape index (κ3) is 2.92. The highest BCUT2D eigenvalue weighted by molar-refractivity contribution is 7.80. The number of carbonyl (C=O) groups excluding carboxylic acids is 1. The van der Waals surface area contributed by atoms with E-state index in [4.69, 9.17) is 18.0 Å². The van der Waals surface area contributed by atoms with Crippen molar-refractivity contribution >= 4 is 23.1 Å². The van der Waals surface area contributed by atoms with Crippen molar-refractivity contribution in [3.8, 4) is 0 Å². The van der Waals surface area contributed by atoms with E-state index in [1.165, 1.54) is 0 Å². The van der Waals surface area contributed by atoms with E-state index in [2.05, 4.69) is 24.1 Å². The number of nitrogens with zero attached hydrogens (tertiary/aromatic N) is 1. The van der Waals surface area contributed by atoms with Gasteiger partial charge < -0.3 is 16.0 Å². The van der Waals surface area contributed by atoms with Gasteiger partial charge in [0.25, 0.3) is 0 Å². The van der Waals surface area contributed by atoms with Crippen LogP contribution in [0.1, 0.15) is 39.5 Å². The van der Waals surface area contributed by atoms with Crippen LogP contribution >= 0.6 is 12.2 Å². The highest BCUT2D eigenvalue weighted by atomic mass is 32.1. The molecule has 19 heavy (non-hydrogen) atoms. The number of likely N-dealkylation sites (N-methyl/N-ethyl adjacent to an activating group) is 1. The lowest BCUT2D eigenvalue weighted by molar-refractivity contribution is -0.134. The zero-order valence-corrected chi connectivity index (χ0v) is 12.8. The maximum atomic E-state index is 12.5. The molecule has 0 radical (unpaired) electrons. The van der Waals surface area contributed by atoms with Gasteiger partial charge in [-0.25, -0.2) is 0 Å². The van der Waals surface area contributed by atoms with Gasteiger partial charge in [0.1, 0.15) is 0 Å². The fourth-order valence-electron chi connectivity index (χ4n) is 3.41. The summed E-state index contributed by atoms with van der Waals surface area (Å²) in [6.07, 6.45) is 3.82. The molecule has 1 saturated heterocycles. The van der Waals surface area contributed by atoms with Crippen LogP contribution in [0.2, 0.25) is 0 Å². The van der Waals surface area contributed by atoms with Gasteiger partial charge in [-0.15, -0.1) is 0 Å². The van der Waals surface area contributed by atoms with Crippen molar-refractivity contribution in [3.63, 3.8) is 0 Å². The zero-order valence-electron chi connectivity index (χ0n) is 11.9. The Morgan fingerprint density at radius 3 is 2.74 bits per heavy atom. The quantitative estimate of drug-likeness (QED) is 0.763. The summed E-state index contributed by atoms with van der Waals surface area (Å²) in [5.74, 6) is 0.604. The van der Waals surface area contributed by atoms with Crippen LogP contribution in [0.4, 0.5) is 0 Å². The molecule has 3 N–H and O–H groups in total. The molecule has 2 rings (SSSR count). The highest BCUT2D eigenvalue weighted by Gasteiger charge is 2.51. The number of hydrogen-bond donors (Lipinski definition) is 2. The maximum Gasteiger partial charge on any atom is 0.233 e. The molecule has 1 amide bonds. The highest BCUT2D eigenvalue weighted by Crippen LogP contribution is 2.46. The van der Waals surface area contributed by atoms with Gasteiger partial charge in [0, 0.05) is 12.6 Å². The van der Waals surface area contributed by atoms with Gasteiger partial charge in [0.15, 0.2) is 0 Å². The van der Waals surface area contributed by atoms with E-state index in [-0.39, 0.29) is 11.9 Å². The number of likely N-dealkylation sites (tertiary alicyclic amines) is 1. The van der Waals surface area contributed by atoms with E-state index in [9.17, 15) is 4.79 Å². The van der Waals surface area contributed by atoms with Gasteiger partial charge in [-0.3, -0.25) is 4.79 Å². The van der Waals surface area contributed by atoms with E-state index in [0.717, 1.165) is 45.3 Å². The molecule has 2 fully saturated rings. The number of thiocarbonyl (C=S) groups is 1. The lowest BCUT2D eigenvalue weighted by atomic mass is 9.62. The van der Waals surface area contributed by atoms with E-state index < -0.39 is 5.41 Å². The van der Waals surface area contributed by atoms with Crippen LogP contribution < -0.4 is 11.1 Å². The van der Waals surface area contributed by atoms with Crippen LogP contribution in [0.15, 0.2) is 0 Å². The average Bonchev–Trinajstić information content (AvgIpc) is 2.34. The van der Waals surface area contributed by atoms with E-state index in [0.29, 0.717) is 10.9 Å². The third-order valence-corrected chi connectivity index (χ3v) is 4.98. The summed E-state index contributed by atoms with van der Waals surface area (Å²) in [6, 6.07) is 0.253. The fourth-order valence-corrected chi connectivity index (χ4v) is 3.67. The fraction of sp³-hybridized carbons (Fsp3) is 0.857. The Bertz CT molecular complexity index is 366. The second kappa shape index (κ2) is 5.75. The molecule has 108 valence electrons. The smallest absolute Gasteiger partial charge is 0.233 e. The SMILES string of the molecule is CCN1CCCC(NC(=O)C2(C(N)=S)CC(C)C2)C1. The van der Waals surface area contributed by atoms with E-state index in [1.54, 1.807) is 0 Å². The molecule has 1 unspecified atom stereocenters. The number of nitrogens with one attached hydrogen (secondary N) is 1. The molecule has 0 spiro atoms. The molecule has 1 aliphatic carbocycles. The second-order valence-corrected chi connectivity index (χ2v) is 6.61. The van der Waals surface area contributed by atoms with Crippen molar-refractivity contribution in [1.82, 2.24) is 10.2 Å². The molecule has 1 heterocycles. The third-order valence-electron chi connectivity index (χ3n) is 4.59. The Hall–Kier alpha value is -0.680. The largest absolute Gasteiger partial charge is 0.392 e. The summed E-state index contributed by atoms with van der Waals surface area (Å²) in [5.41, 5.74) is 5.25. The monoisotopic (exact) mass is 283 g/mol. The summed E-state index contributed by atoms with van der Waals surface area (Å²) in [7, 11) is 0. The molecule has 1 atom stereocenters. The molecule has 4 nitrogen and oxygen atoms in total. The minimum atomic E-state index is -0.566. The number of nitrogens with two attached hydrogens (primary N) is 1. The van der Waals surface area contributed by atoms with Crippen molar-refractivity contribution in [2.45, 2.75) is 45.6 Å². The standard InChI is InChI=1S/C14H25N3OS/c1-3-17-6-4-5-11(9-17)16-13(18)14(12(15)19)7-10(2)8-14/h10-11H,3-9H2,1-2H3,(H2,15,19)(H,16,18). The van der Waals surface area contributed by atoms with Crippen molar-refractivity contribution in [2.24, 2.45) is 17.1 Å². The Morgan fingerprint density at radius 2 is 2.21 bits per heavy atom. The summed E-state index contributed by atoms with van der Waals surface area (Å²) < 4.78 is 0. The van der Waals surface area contributed by atoms with Crippen LogP contribution in [0.25, 0.3) is 0 Å². The van der Waals surface area contributed by atoms with Crippen LogP contribution in [0, 0.1) is 11.3 Å². The van der Waals surface area contributed by atoms with Crippen LogP contribution in [0.3, 0.4) is 0 Å². The summed E-state index contributed by atoms with van der Waals surface area (Å²) in [5, 5.41) is 3.18. The summed E-state index contributed by atoms with van der Waals surface area (Å²) in [4.78, 5) is 15.2. The van der Waals surface area contributed by atoms with Gasteiger partial charge >= 0.3 is 0 Å². The van der Waals surface area contributed by atoms with Crippen LogP contribution in [-0.4, -0.2) is 41.5 Å². The van der Waals surface area contributed by atoms with Gasteiger partial charge in [0.05, 0.1) is 10.4 Å². The zero-order chi connectivity index (χ0) is 14.0. The Morgan fingerprint density at radius 1 is 1.53 bits per heavy atom. The summed E-state index contributed by atoms with van der Waals surface area (Å²) in [6.45, 7) is 7.44. The molecule has 0 aromatic carbocycles. The van der Waals surface area contributed by atoms with Gasteiger partial charge in [-0.2, -0.15) is 0 Å². The van der Waals surface area contributed by atoms with E-state index in [1.807, 2.05) is 0 Å². The first-order valence-corrected chi connectivity index (χ1v) is 7.72. The van der Waals surface area contributed by atoms with Crippen molar-refractivity contribution < 1.29 is 4.79 Å². The molecule has 1 aliphatic heterocycles. The van der Waals surface area contributed by atoms with Gasteiger partial charge in [-0.05, 0) is 44.7 Å². The first-order valence-electron chi connectivity index (χ1n) is 7.31. The normalized spacial score (nSPS) is 35.5. The average molecular weight is 283 g/mol. The minimum Gasteiger partial charge on any atom is -0.392 e. The predicted octanol–water partition coefficient (Wildman–Crippen LogP) is 1.29. The minimum absolute atomic E-state index is 0.0565. The first-order chi connectivity index (χ1) is 8.98. The van der Waals surface area contributed by atoms with Crippen molar-refractivity contribution in [2.75, 3.05) is 19.6 Å². The molecule has 0 bridgehead atoms. The maximum absolute atomic E-state index is 12.5. The number of amides is 1. The number of rotatable bonds is 4. The molecule has 0 aromatic heterocycles. The Kier molecular flexibility index (Phi) is 4.46. The van der Waals surface area contributed by atoms with Crippen molar-refractivity contribution in [1.29, 1.82) is 0 Å². The molecule has 0 aromatic rings. The Labute approximate surface area is 121 Å². The number of hydrogen-bond acceptors (Lipinski definition) is 3. The Balaban J connectivity index is 1.94. The number of carbonyl (C=O) groups is 1. The predicted molar refractivity (Wildman–Crippen MR) is 80.9 cm³/mol. The van der Waals surface area contributed by atoms with E-state index >= 15 is 0 Å². The molecule has 5 heteroatoms. The number of piperidine rings is 1. The lowest BCUT2D eigenvalue weighted by Gasteiger charge is -2.45. The van der Waals surface area contributed by atoms with Gasteiger partial charge in [0.2, 0.25) is 5.91 Å². The topological polar surface area (TPSA) is 58.4 Å². The molecule has 1 saturated carbocycles. The lowest BCUT2D eigenvalue weighted by Crippen LogP contribution is -2.59. The van der Waals surface area contributed by atoms with Crippen LogP contribution in [-0.2, 0) is 4.79 Å².